The first-order valence-corrected chi connectivity index (χ1v) is 9.48. The van der Waals surface area contributed by atoms with E-state index in [9.17, 15) is 9.59 Å². The van der Waals surface area contributed by atoms with Crippen LogP contribution in [0.1, 0.15) is 28.9 Å². The lowest BCUT2D eigenvalue weighted by Gasteiger charge is -2.21. The topological polar surface area (TPSA) is 67.2 Å². The van der Waals surface area contributed by atoms with Crippen LogP contribution < -0.4 is 15.8 Å². The number of nitrogens with zero attached hydrogens (tertiary/aromatic N) is 3. The van der Waals surface area contributed by atoms with Gasteiger partial charge in [-0.25, -0.2) is 4.68 Å². The number of anilines is 2. The van der Waals surface area contributed by atoms with E-state index in [4.69, 9.17) is 0 Å². The van der Waals surface area contributed by atoms with Crippen LogP contribution in [-0.2, 0) is 6.54 Å². The molecular formula is C22H22N4O2. The molecule has 6 nitrogen and oxygen atoms in total. The van der Waals surface area contributed by atoms with Crippen molar-refractivity contribution in [1.29, 1.82) is 0 Å². The first-order chi connectivity index (χ1) is 13.7. The molecule has 2 heterocycles. The SMILES string of the molecule is O=C(Nc1ccccc1N1CCCC1)c1ccc(=O)n(Cc2ccccc2)n1. The van der Waals surface area contributed by atoms with Crippen molar-refractivity contribution >= 4 is 17.3 Å². The number of amides is 1. The maximum Gasteiger partial charge on any atom is 0.276 e. The second-order valence-electron chi connectivity index (χ2n) is 6.87. The zero-order chi connectivity index (χ0) is 19.3. The molecule has 0 saturated carbocycles. The van der Waals surface area contributed by atoms with E-state index in [1.807, 2.05) is 54.6 Å². The predicted molar refractivity (Wildman–Crippen MR) is 110 cm³/mol. The monoisotopic (exact) mass is 374 g/mol. The van der Waals surface area contributed by atoms with Crippen molar-refractivity contribution in [2.45, 2.75) is 19.4 Å². The molecule has 3 aromatic rings. The molecule has 1 aliphatic rings. The van der Waals surface area contributed by atoms with E-state index < -0.39 is 0 Å². The lowest BCUT2D eigenvalue weighted by molar-refractivity contribution is 0.102. The lowest BCUT2D eigenvalue weighted by Crippen LogP contribution is -2.27. The molecule has 1 N–H and O–H groups in total. The number of hydrogen-bond donors (Lipinski definition) is 1. The minimum atomic E-state index is -0.326. The number of carbonyl (C=O) groups is 1. The average Bonchev–Trinajstić information content (AvgIpc) is 3.25. The summed E-state index contributed by atoms with van der Waals surface area (Å²) in [5.41, 5.74) is 2.71. The summed E-state index contributed by atoms with van der Waals surface area (Å²) in [6.45, 7) is 2.31. The van der Waals surface area contributed by atoms with Gasteiger partial charge in [-0.2, -0.15) is 5.10 Å². The zero-order valence-corrected chi connectivity index (χ0v) is 15.5. The Balaban J connectivity index is 1.56. The Labute approximate surface area is 163 Å². The normalized spacial score (nSPS) is 13.5. The molecule has 0 radical (unpaired) electrons. The molecule has 6 heteroatoms. The summed E-state index contributed by atoms with van der Waals surface area (Å²) < 4.78 is 1.32. The molecule has 1 fully saturated rings. The molecule has 1 aliphatic heterocycles. The Morgan fingerprint density at radius 2 is 1.64 bits per heavy atom. The van der Waals surface area contributed by atoms with Gasteiger partial charge in [0.1, 0.15) is 5.69 Å². The van der Waals surface area contributed by atoms with E-state index in [0.29, 0.717) is 6.54 Å². The van der Waals surface area contributed by atoms with E-state index in [1.165, 1.54) is 16.8 Å². The van der Waals surface area contributed by atoms with Crippen LogP contribution in [0.2, 0.25) is 0 Å². The Bertz CT molecular complexity index is 1020. The third-order valence-electron chi connectivity index (χ3n) is 4.87. The Hall–Kier alpha value is -3.41. The first-order valence-electron chi connectivity index (χ1n) is 9.48. The Morgan fingerprint density at radius 3 is 2.43 bits per heavy atom. The summed E-state index contributed by atoms with van der Waals surface area (Å²) in [5.74, 6) is -0.326. The van der Waals surface area contributed by atoms with Crippen molar-refractivity contribution in [2.75, 3.05) is 23.3 Å². The van der Waals surface area contributed by atoms with Crippen LogP contribution in [0, 0.1) is 0 Å². The van der Waals surface area contributed by atoms with Gasteiger partial charge < -0.3 is 10.2 Å². The lowest BCUT2D eigenvalue weighted by atomic mass is 10.2. The van der Waals surface area contributed by atoms with E-state index in [2.05, 4.69) is 15.3 Å². The average molecular weight is 374 g/mol. The number of benzene rings is 2. The molecule has 0 aliphatic carbocycles. The van der Waals surface area contributed by atoms with Crippen molar-refractivity contribution in [3.8, 4) is 0 Å². The number of hydrogen-bond acceptors (Lipinski definition) is 4. The fourth-order valence-electron chi connectivity index (χ4n) is 3.44. The zero-order valence-electron chi connectivity index (χ0n) is 15.5. The van der Waals surface area contributed by atoms with E-state index in [-0.39, 0.29) is 17.2 Å². The van der Waals surface area contributed by atoms with Crippen LogP contribution in [0.4, 0.5) is 11.4 Å². The van der Waals surface area contributed by atoms with Crippen LogP contribution in [0.5, 0.6) is 0 Å². The summed E-state index contributed by atoms with van der Waals surface area (Å²) >= 11 is 0. The fraction of sp³-hybridized carbons (Fsp3) is 0.227. The molecule has 1 aromatic heterocycles. The largest absolute Gasteiger partial charge is 0.370 e. The van der Waals surface area contributed by atoms with Gasteiger partial charge in [-0.05, 0) is 36.6 Å². The number of nitrogens with one attached hydrogen (secondary N) is 1. The molecular weight excluding hydrogens is 352 g/mol. The number of para-hydroxylation sites is 2. The molecule has 0 unspecified atom stereocenters. The minimum absolute atomic E-state index is 0.215. The van der Waals surface area contributed by atoms with Crippen molar-refractivity contribution in [3.63, 3.8) is 0 Å². The number of aromatic nitrogens is 2. The highest BCUT2D eigenvalue weighted by atomic mass is 16.2. The van der Waals surface area contributed by atoms with E-state index in [1.54, 1.807) is 0 Å². The van der Waals surface area contributed by atoms with Crippen LogP contribution in [0.3, 0.4) is 0 Å². The molecule has 2 aromatic carbocycles. The molecule has 0 bridgehead atoms. The first kappa shape index (κ1) is 18.0. The summed E-state index contributed by atoms with van der Waals surface area (Å²) in [6.07, 6.45) is 2.32. The molecule has 142 valence electrons. The predicted octanol–water partition coefficient (Wildman–Crippen LogP) is 3.14. The van der Waals surface area contributed by atoms with Gasteiger partial charge in [0.05, 0.1) is 17.9 Å². The van der Waals surface area contributed by atoms with Crippen molar-refractivity contribution in [2.24, 2.45) is 0 Å². The Kier molecular flexibility index (Phi) is 5.19. The standard InChI is InChI=1S/C22H22N4O2/c27-21-13-12-19(24-26(21)16-17-8-2-1-3-9-17)22(28)23-18-10-4-5-11-20(18)25-14-6-7-15-25/h1-5,8-13H,6-7,14-16H2,(H,23,28). The third kappa shape index (κ3) is 3.96. The maximum atomic E-state index is 12.8. The molecule has 0 atom stereocenters. The van der Waals surface area contributed by atoms with E-state index >= 15 is 0 Å². The molecule has 1 saturated heterocycles. The summed E-state index contributed by atoms with van der Waals surface area (Å²) in [4.78, 5) is 27.2. The van der Waals surface area contributed by atoms with Gasteiger partial charge in [-0.1, -0.05) is 42.5 Å². The highest BCUT2D eigenvalue weighted by Gasteiger charge is 2.18. The van der Waals surface area contributed by atoms with Gasteiger partial charge in [-0.3, -0.25) is 9.59 Å². The van der Waals surface area contributed by atoms with E-state index in [0.717, 1.165) is 42.9 Å². The third-order valence-corrected chi connectivity index (χ3v) is 4.87. The minimum Gasteiger partial charge on any atom is -0.370 e. The number of carbonyl (C=O) groups excluding carboxylic acids is 1. The second-order valence-corrected chi connectivity index (χ2v) is 6.87. The van der Waals surface area contributed by atoms with Crippen molar-refractivity contribution < 1.29 is 4.79 Å². The molecule has 0 spiro atoms. The van der Waals surface area contributed by atoms with Gasteiger partial charge in [0.25, 0.3) is 11.5 Å². The van der Waals surface area contributed by atoms with Crippen LogP contribution in [-0.4, -0.2) is 28.8 Å². The fourth-order valence-corrected chi connectivity index (χ4v) is 3.44. The second kappa shape index (κ2) is 8.08. The van der Waals surface area contributed by atoms with Gasteiger partial charge in [0, 0.05) is 19.2 Å². The summed E-state index contributed by atoms with van der Waals surface area (Å²) in [5, 5.41) is 7.23. The van der Waals surface area contributed by atoms with Gasteiger partial charge in [-0.15, -0.1) is 0 Å². The van der Waals surface area contributed by atoms with Crippen LogP contribution in [0.25, 0.3) is 0 Å². The highest BCUT2D eigenvalue weighted by Crippen LogP contribution is 2.28. The number of rotatable bonds is 5. The summed E-state index contributed by atoms with van der Waals surface area (Å²) in [7, 11) is 0. The van der Waals surface area contributed by atoms with Crippen molar-refractivity contribution in [1.82, 2.24) is 9.78 Å². The van der Waals surface area contributed by atoms with Crippen molar-refractivity contribution in [3.05, 3.63) is 88.3 Å². The van der Waals surface area contributed by atoms with Gasteiger partial charge in [0.15, 0.2) is 0 Å². The Morgan fingerprint density at radius 1 is 0.929 bits per heavy atom. The molecule has 4 rings (SSSR count). The highest BCUT2D eigenvalue weighted by molar-refractivity contribution is 6.04. The van der Waals surface area contributed by atoms with Gasteiger partial charge >= 0.3 is 0 Å². The van der Waals surface area contributed by atoms with Crippen LogP contribution in [0.15, 0.2) is 71.5 Å². The van der Waals surface area contributed by atoms with Gasteiger partial charge in [0.2, 0.25) is 0 Å². The molecule has 28 heavy (non-hydrogen) atoms. The summed E-state index contributed by atoms with van der Waals surface area (Å²) in [6, 6.07) is 20.2. The van der Waals surface area contributed by atoms with Crippen LogP contribution >= 0.6 is 0 Å². The molecule has 1 amide bonds. The quantitative estimate of drug-likeness (QED) is 0.745. The smallest absolute Gasteiger partial charge is 0.276 e. The maximum absolute atomic E-state index is 12.8.